The first kappa shape index (κ1) is 16.0. The molecule has 124 valence electrons. The lowest BCUT2D eigenvalue weighted by atomic mass is 10.0. The van der Waals surface area contributed by atoms with E-state index in [9.17, 15) is 9.59 Å². The first-order chi connectivity index (χ1) is 11.2. The van der Waals surface area contributed by atoms with Gasteiger partial charge in [-0.05, 0) is 12.1 Å². The van der Waals surface area contributed by atoms with Crippen molar-refractivity contribution in [1.29, 1.82) is 0 Å². The minimum Gasteiger partial charge on any atom is -0.352 e. The predicted molar refractivity (Wildman–Crippen MR) is 83.8 cm³/mol. The van der Waals surface area contributed by atoms with E-state index in [-0.39, 0.29) is 11.8 Å². The molecule has 0 saturated carbocycles. The number of hydrogen-bond acceptors (Lipinski definition) is 4. The molecule has 1 spiro atoms. The van der Waals surface area contributed by atoms with Crippen molar-refractivity contribution >= 4 is 11.8 Å². The van der Waals surface area contributed by atoms with Crippen molar-refractivity contribution in [2.45, 2.75) is 25.0 Å². The van der Waals surface area contributed by atoms with Crippen molar-refractivity contribution in [2.24, 2.45) is 0 Å². The van der Waals surface area contributed by atoms with Gasteiger partial charge in [0.05, 0.1) is 13.2 Å². The maximum Gasteiger partial charge on any atom is 0.251 e. The molecule has 0 bridgehead atoms. The second-order valence-corrected chi connectivity index (χ2v) is 5.86. The second kappa shape index (κ2) is 7.10. The van der Waals surface area contributed by atoms with Crippen molar-refractivity contribution < 1.29 is 19.1 Å². The fraction of sp³-hybridized carbons (Fsp3) is 0.529. The number of carbonyl (C=O) groups is 2. The average molecular weight is 318 g/mol. The van der Waals surface area contributed by atoms with E-state index >= 15 is 0 Å². The van der Waals surface area contributed by atoms with Gasteiger partial charge < -0.3 is 19.7 Å². The van der Waals surface area contributed by atoms with Crippen LogP contribution in [0.15, 0.2) is 30.3 Å². The Hall–Kier alpha value is -1.92. The van der Waals surface area contributed by atoms with Crippen LogP contribution in [-0.4, -0.2) is 55.3 Å². The van der Waals surface area contributed by atoms with Gasteiger partial charge in [-0.2, -0.15) is 0 Å². The highest BCUT2D eigenvalue weighted by Crippen LogP contribution is 2.31. The van der Waals surface area contributed by atoms with Crippen LogP contribution in [0.3, 0.4) is 0 Å². The molecular formula is C17H22N2O4. The standard InChI is InChI=1S/C17H22N2O4/c20-15(6-9-18-16(21)14-4-2-1-3-5-14)19-10-7-17(8-11-19)22-12-13-23-17/h1-5H,6-13H2,(H,18,21). The van der Waals surface area contributed by atoms with Crippen LogP contribution in [0.5, 0.6) is 0 Å². The number of nitrogens with zero attached hydrogens (tertiary/aromatic N) is 1. The lowest BCUT2D eigenvalue weighted by Crippen LogP contribution is -2.47. The zero-order valence-corrected chi connectivity index (χ0v) is 13.1. The smallest absolute Gasteiger partial charge is 0.251 e. The summed E-state index contributed by atoms with van der Waals surface area (Å²) in [6, 6.07) is 9.00. The van der Waals surface area contributed by atoms with Gasteiger partial charge in [0.25, 0.3) is 5.91 Å². The monoisotopic (exact) mass is 318 g/mol. The Morgan fingerprint density at radius 3 is 2.39 bits per heavy atom. The summed E-state index contributed by atoms with van der Waals surface area (Å²) in [6.45, 7) is 2.91. The van der Waals surface area contributed by atoms with Gasteiger partial charge in [0, 0.05) is 44.5 Å². The van der Waals surface area contributed by atoms with E-state index in [1.54, 1.807) is 12.1 Å². The van der Waals surface area contributed by atoms with Gasteiger partial charge in [-0.1, -0.05) is 18.2 Å². The van der Waals surface area contributed by atoms with Crippen molar-refractivity contribution in [3.63, 3.8) is 0 Å². The summed E-state index contributed by atoms with van der Waals surface area (Å²) < 4.78 is 11.3. The molecule has 0 aromatic heterocycles. The zero-order chi connectivity index (χ0) is 16.1. The Balaban J connectivity index is 1.39. The number of carbonyl (C=O) groups excluding carboxylic acids is 2. The fourth-order valence-corrected chi connectivity index (χ4v) is 3.02. The van der Waals surface area contributed by atoms with Crippen LogP contribution < -0.4 is 5.32 Å². The number of amides is 2. The van der Waals surface area contributed by atoms with Crippen LogP contribution in [0.4, 0.5) is 0 Å². The van der Waals surface area contributed by atoms with Crippen LogP contribution in [0.25, 0.3) is 0 Å². The van der Waals surface area contributed by atoms with Gasteiger partial charge in [-0.25, -0.2) is 0 Å². The largest absolute Gasteiger partial charge is 0.352 e. The number of hydrogen-bond donors (Lipinski definition) is 1. The molecule has 1 aromatic carbocycles. The van der Waals surface area contributed by atoms with Crippen molar-refractivity contribution in [2.75, 3.05) is 32.8 Å². The molecule has 0 aliphatic carbocycles. The van der Waals surface area contributed by atoms with Gasteiger partial charge in [0.15, 0.2) is 5.79 Å². The van der Waals surface area contributed by atoms with Crippen molar-refractivity contribution in [3.05, 3.63) is 35.9 Å². The van der Waals surface area contributed by atoms with Gasteiger partial charge in [-0.15, -0.1) is 0 Å². The van der Waals surface area contributed by atoms with Gasteiger partial charge in [0.1, 0.15) is 0 Å². The number of likely N-dealkylation sites (tertiary alicyclic amines) is 1. The number of ether oxygens (including phenoxy) is 2. The Morgan fingerprint density at radius 1 is 1.09 bits per heavy atom. The summed E-state index contributed by atoms with van der Waals surface area (Å²) in [5.74, 6) is -0.548. The van der Waals surface area contributed by atoms with Crippen LogP contribution >= 0.6 is 0 Å². The Bertz CT molecular complexity index is 545. The van der Waals surface area contributed by atoms with Gasteiger partial charge in [0.2, 0.25) is 5.91 Å². The lowest BCUT2D eigenvalue weighted by molar-refractivity contribution is -0.187. The zero-order valence-electron chi connectivity index (χ0n) is 13.1. The number of rotatable bonds is 4. The molecule has 6 nitrogen and oxygen atoms in total. The highest BCUT2D eigenvalue weighted by molar-refractivity contribution is 5.94. The predicted octanol–water partition coefficient (Wildman–Crippen LogP) is 1.17. The van der Waals surface area contributed by atoms with Gasteiger partial charge in [-0.3, -0.25) is 9.59 Å². The summed E-state index contributed by atoms with van der Waals surface area (Å²) in [6.07, 6.45) is 1.75. The molecule has 23 heavy (non-hydrogen) atoms. The number of nitrogens with one attached hydrogen (secondary N) is 1. The molecule has 0 unspecified atom stereocenters. The molecule has 2 amide bonds. The lowest BCUT2D eigenvalue weighted by Gasteiger charge is -2.37. The third kappa shape index (κ3) is 3.89. The highest BCUT2D eigenvalue weighted by Gasteiger charge is 2.40. The molecule has 1 aromatic rings. The third-order valence-electron chi connectivity index (χ3n) is 4.35. The topological polar surface area (TPSA) is 67.9 Å². The van der Waals surface area contributed by atoms with E-state index in [1.807, 2.05) is 23.1 Å². The molecule has 2 heterocycles. The fourth-order valence-electron chi connectivity index (χ4n) is 3.02. The van der Waals surface area contributed by atoms with Crippen LogP contribution in [-0.2, 0) is 14.3 Å². The van der Waals surface area contributed by atoms with E-state index in [0.717, 1.165) is 12.8 Å². The molecule has 1 N–H and O–H groups in total. The van der Waals surface area contributed by atoms with E-state index in [1.165, 1.54) is 0 Å². The molecule has 2 fully saturated rings. The first-order valence-electron chi connectivity index (χ1n) is 8.07. The maximum atomic E-state index is 12.2. The summed E-state index contributed by atoms with van der Waals surface area (Å²) in [4.78, 5) is 25.9. The summed E-state index contributed by atoms with van der Waals surface area (Å²) in [5, 5.41) is 2.78. The molecule has 2 aliphatic rings. The molecule has 0 atom stereocenters. The van der Waals surface area contributed by atoms with Crippen LogP contribution in [0.1, 0.15) is 29.6 Å². The van der Waals surface area contributed by atoms with Crippen LogP contribution in [0.2, 0.25) is 0 Å². The van der Waals surface area contributed by atoms with E-state index in [0.29, 0.717) is 44.8 Å². The van der Waals surface area contributed by atoms with Gasteiger partial charge >= 0.3 is 0 Å². The van der Waals surface area contributed by atoms with Crippen molar-refractivity contribution in [3.8, 4) is 0 Å². The minimum atomic E-state index is -0.460. The second-order valence-electron chi connectivity index (χ2n) is 5.86. The summed E-state index contributed by atoms with van der Waals surface area (Å²) >= 11 is 0. The van der Waals surface area contributed by atoms with E-state index < -0.39 is 5.79 Å². The normalized spacial score (nSPS) is 19.7. The molecule has 3 rings (SSSR count). The first-order valence-corrected chi connectivity index (χ1v) is 8.07. The quantitative estimate of drug-likeness (QED) is 0.905. The molecule has 6 heteroatoms. The third-order valence-corrected chi connectivity index (χ3v) is 4.35. The summed E-state index contributed by atoms with van der Waals surface area (Å²) in [7, 11) is 0. The Morgan fingerprint density at radius 2 is 1.74 bits per heavy atom. The molecule has 0 radical (unpaired) electrons. The van der Waals surface area contributed by atoms with E-state index in [4.69, 9.17) is 9.47 Å². The molecule has 2 saturated heterocycles. The highest BCUT2D eigenvalue weighted by atomic mass is 16.7. The molecule has 2 aliphatic heterocycles. The van der Waals surface area contributed by atoms with Crippen molar-refractivity contribution in [1.82, 2.24) is 10.2 Å². The average Bonchev–Trinajstić information content (AvgIpc) is 3.04. The SMILES string of the molecule is O=C(NCCC(=O)N1CCC2(CC1)OCCO2)c1ccccc1. The Labute approximate surface area is 135 Å². The molecular weight excluding hydrogens is 296 g/mol. The van der Waals surface area contributed by atoms with Crippen LogP contribution in [0, 0.1) is 0 Å². The number of benzene rings is 1. The number of piperidine rings is 1. The maximum absolute atomic E-state index is 12.2. The minimum absolute atomic E-state index is 0.0613. The van der Waals surface area contributed by atoms with E-state index in [2.05, 4.69) is 5.32 Å². The summed E-state index contributed by atoms with van der Waals surface area (Å²) in [5.41, 5.74) is 0.607. The Kier molecular flexibility index (Phi) is 4.93.